The van der Waals surface area contributed by atoms with Gasteiger partial charge < -0.3 is 10.2 Å². The number of aliphatic hydroxyl groups is 2. The summed E-state index contributed by atoms with van der Waals surface area (Å²) < 4.78 is 15.0. The minimum Gasteiger partial charge on any atom is -0.396 e. The van der Waals surface area contributed by atoms with Gasteiger partial charge in [-0.25, -0.2) is 8.93 Å². The van der Waals surface area contributed by atoms with E-state index in [1.165, 1.54) is 0 Å². The molecule has 0 aromatic heterocycles. The quantitative estimate of drug-likeness (QED) is 0.720. The molecule has 0 radical (unpaired) electrons. The second kappa shape index (κ2) is 7.88. The Bertz CT molecular complexity index is 417. The summed E-state index contributed by atoms with van der Waals surface area (Å²) in [6.45, 7) is 5.66. The summed E-state index contributed by atoms with van der Waals surface area (Å²) in [4.78, 5) is 0. The largest absolute Gasteiger partial charge is 0.396 e. The molecule has 1 aromatic carbocycles. The Labute approximate surface area is 123 Å². The molecular weight excluding hydrogens is 274 g/mol. The van der Waals surface area contributed by atoms with Gasteiger partial charge in [-0.1, -0.05) is 30.3 Å². The summed E-state index contributed by atoms with van der Waals surface area (Å²) in [6, 6.07) is 9.46. The fourth-order valence-electron chi connectivity index (χ4n) is 1.78. The van der Waals surface area contributed by atoms with Gasteiger partial charge in [-0.05, 0) is 39.2 Å². The number of hydrogen-bond donors (Lipinski definition) is 3. The molecule has 3 atom stereocenters. The molecule has 0 saturated heterocycles. The summed E-state index contributed by atoms with van der Waals surface area (Å²) >= 11 is 0. The van der Waals surface area contributed by atoms with E-state index >= 15 is 0 Å². The van der Waals surface area contributed by atoms with Gasteiger partial charge in [0.1, 0.15) is 0 Å². The zero-order valence-corrected chi connectivity index (χ0v) is 13.2. The van der Waals surface area contributed by atoms with Crippen molar-refractivity contribution in [2.45, 2.75) is 50.5 Å². The van der Waals surface area contributed by atoms with Crippen LogP contribution in [0.4, 0.5) is 0 Å². The molecule has 20 heavy (non-hydrogen) atoms. The summed E-state index contributed by atoms with van der Waals surface area (Å²) in [5.41, 5.74) is 0.988. The average Bonchev–Trinajstić information content (AvgIpc) is 2.38. The van der Waals surface area contributed by atoms with Gasteiger partial charge in [0.2, 0.25) is 0 Å². The van der Waals surface area contributed by atoms with Crippen LogP contribution in [0.5, 0.6) is 0 Å². The lowest BCUT2D eigenvalue weighted by atomic mass is 10.0. The molecular formula is C15H25NO3S. The Morgan fingerprint density at radius 1 is 1.25 bits per heavy atom. The summed E-state index contributed by atoms with van der Waals surface area (Å²) in [5.74, 6) is 0. The SMILES string of the molecule is CC(C)(C)S(=O)NC(CC(O)CCO)c1ccccc1. The van der Waals surface area contributed by atoms with E-state index in [0.717, 1.165) is 5.56 Å². The Balaban J connectivity index is 2.83. The third-order valence-corrected chi connectivity index (χ3v) is 4.59. The highest BCUT2D eigenvalue weighted by atomic mass is 32.2. The fourth-order valence-corrected chi connectivity index (χ4v) is 2.63. The minimum absolute atomic E-state index is 0.0506. The van der Waals surface area contributed by atoms with E-state index < -0.39 is 17.1 Å². The third-order valence-electron chi connectivity index (χ3n) is 2.98. The van der Waals surface area contributed by atoms with Crippen LogP contribution >= 0.6 is 0 Å². The molecule has 3 N–H and O–H groups in total. The molecule has 0 aliphatic carbocycles. The lowest BCUT2D eigenvalue weighted by Crippen LogP contribution is -2.37. The molecule has 1 aromatic rings. The molecule has 0 aliphatic rings. The zero-order chi connectivity index (χ0) is 15.2. The van der Waals surface area contributed by atoms with Crippen molar-refractivity contribution in [3.05, 3.63) is 35.9 Å². The van der Waals surface area contributed by atoms with Crippen LogP contribution in [0.2, 0.25) is 0 Å². The van der Waals surface area contributed by atoms with Crippen molar-refractivity contribution >= 4 is 11.0 Å². The number of nitrogens with one attached hydrogen (secondary N) is 1. The van der Waals surface area contributed by atoms with Gasteiger partial charge in [-0.2, -0.15) is 0 Å². The maximum Gasteiger partial charge on any atom is 0.0975 e. The van der Waals surface area contributed by atoms with E-state index in [1.807, 2.05) is 51.1 Å². The molecule has 0 bridgehead atoms. The summed E-state index contributed by atoms with van der Waals surface area (Å²) in [6.07, 6.45) is 0.134. The van der Waals surface area contributed by atoms with Crippen molar-refractivity contribution in [3.8, 4) is 0 Å². The van der Waals surface area contributed by atoms with Crippen molar-refractivity contribution in [2.75, 3.05) is 6.61 Å². The third kappa shape index (κ3) is 5.71. The first-order valence-electron chi connectivity index (χ1n) is 6.86. The number of benzene rings is 1. The first-order valence-corrected chi connectivity index (χ1v) is 8.01. The van der Waals surface area contributed by atoms with Crippen molar-refractivity contribution in [1.29, 1.82) is 0 Å². The van der Waals surface area contributed by atoms with Gasteiger partial charge in [-0.15, -0.1) is 0 Å². The Kier molecular flexibility index (Phi) is 6.82. The molecule has 0 spiro atoms. The van der Waals surface area contributed by atoms with Gasteiger partial charge in [0.05, 0.1) is 21.8 Å². The van der Waals surface area contributed by atoms with E-state index in [0.29, 0.717) is 12.8 Å². The molecule has 1 rings (SSSR count). The maximum absolute atomic E-state index is 12.3. The summed E-state index contributed by atoms with van der Waals surface area (Å²) in [7, 11) is -1.21. The lowest BCUT2D eigenvalue weighted by Gasteiger charge is -2.26. The van der Waals surface area contributed by atoms with Crippen molar-refractivity contribution in [2.24, 2.45) is 0 Å². The van der Waals surface area contributed by atoms with Gasteiger partial charge in [-0.3, -0.25) is 0 Å². The van der Waals surface area contributed by atoms with Gasteiger partial charge in [0, 0.05) is 12.6 Å². The molecule has 0 amide bonds. The normalized spacial score (nSPS) is 16.6. The Hall–Kier alpha value is -0.750. The first kappa shape index (κ1) is 17.3. The number of aliphatic hydroxyl groups excluding tert-OH is 2. The molecule has 0 fully saturated rings. The van der Waals surface area contributed by atoms with Crippen molar-refractivity contribution in [1.82, 2.24) is 4.72 Å². The molecule has 3 unspecified atom stereocenters. The van der Waals surface area contributed by atoms with Crippen molar-refractivity contribution < 1.29 is 14.4 Å². The van der Waals surface area contributed by atoms with Gasteiger partial charge in [0.15, 0.2) is 0 Å². The maximum atomic E-state index is 12.3. The van der Waals surface area contributed by atoms with E-state index in [1.54, 1.807) is 0 Å². The van der Waals surface area contributed by atoms with Crippen LogP contribution in [-0.2, 0) is 11.0 Å². The number of rotatable bonds is 7. The van der Waals surface area contributed by atoms with E-state index in [2.05, 4.69) is 4.72 Å². The van der Waals surface area contributed by atoms with E-state index in [9.17, 15) is 9.32 Å². The molecule has 0 saturated carbocycles. The molecule has 114 valence electrons. The zero-order valence-electron chi connectivity index (χ0n) is 12.4. The highest BCUT2D eigenvalue weighted by Gasteiger charge is 2.25. The standard InChI is InChI=1S/C15H25NO3S/c1-15(2,3)20(19)16-14(11-13(18)9-10-17)12-7-5-4-6-8-12/h4-8,13-14,16-18H,9-11H2,1-3H3. The Morgan fingerprint density at radius 2 is 1.85 bits per heavy atom. The van der Waals surface area contributed by atoms with Crippen LogP contribution in [0.25, 0.3) is 0 Å². The topological polar surface area (TPSA) is 69.6 Å². The van der Waals surface area contributed by atoms with Crippen LogP contribution < -0.4 is 4.72 Å². The molecule has 0 aliphatic heterocycles. The van der Waals surface area contributed by atoms with Crippen LogP contribution in [0.3, 0.4) is 0 Å². The minimum atomic E-state index is -1.21. The molecule has 4 nitrogen and oxygen atoms in total. The van der Waals surface area contributed by atoms with Crippen LogP contribution in [0.15, 0.2) is 30.3 Å². The van der Waals surface area contributed by atoms with Crippen LogP contribution in [-0.4, -0.2) is 31.9 Å². The summed E-state index contributed by atoms with van der Waals surface area (Å²) in [5, 5.41) is 18.8. The van der Waals surface area contributed by atoms with Gasteiger partial charge >= 0.3 is 0 Å². The predicted octanol–water partition coefficient (Wildman–Crippen LogP) is 1.91. The highest BCUT2D eigenvalue weighted by molar-refractivity contribution is 7.84. The van der Waals surface area contributed by atoms with E-state index in [4.69, 9.17) is 5.11 Å². The highest BCUT2D eigenvalue weighted by Crippen LogP contribution is 2.22. The monoisotopic (exact) mass is 299 g/mol. The second-order valence-corrected chi connectivity index (χ2v) is 7.86. The lowest BCUT2D eigenvalue weighted by molar-refractivity contribution is 0.117. The second-order valence-electron chi connectivity index (χ2n) is 5.86. The van der Waals surface area contributed by atoms with Crippen LogP contribution in [0, 0.1) is 0 Å². The van der Waals surface area contributed by atoms with E-state index in [-0.39, 0.29) is 17.4 Å². The van der Waals surface area contributed by atoms with Crippen molar-refractivity contribution in [3.63, 3.8) is 0 Å². The first-order chi connectivity index (χ1) is 9.34. The molecule has 5 heteroatoms. The Morgan fingerprint density at radius 3 is 2.35 bits per heavy atom. The van der Waals surface area contributed by atoms with Gasteiger partial charge in [0.25, 0.3) is 0 Å². The molecule has 0 heterocycles. The predicted molar refractivity (Wildman–Crippen MR) is 82.5 cm³/mol. The van der Waals surface area contributed by atoms with Crippen LogP contribution in [0.1, 0.15) is 45.2 Å². The smallest absolute Gasteiger partial charge is 0.0975 e. The number of hydrogen-bond acceptors (Lipinski definition) is 3. The fraction of sp³-hybridized carbons (Fsp3) is 0.600. The average molecular weight is 299 g/mol.